The zero-order valence-corrected chi connectivity index (χ0v) is 15.3. The molecule has 0 spiro atoms. The maximum absolute atomic E-state index is 12.6. The summed E-state index contributed by atoms with van der Waals surface area (Å²) in [5.41, 5.74) is 18.8. The second kappa shape index (κ2) is 6.61. The van der Waals surface area contributed by atoms with Gasteiger partial charge in [-0.15, -0.1) is 0 Å². The van der Waals surface area contributed by atoms with Crippen molar-refractivity contribution in [1.82, 2.24) is 14.5 Å². The van der Waals surface area contributed by atoms with Crippen LogP contribution in [-0.4, -0.2) is 26.5 Å². The number of aryl methyl sites for hydroxylation is 1. The number of amides is 1. The second-order valence-corrected chi connectivity index (χ2v) is 6.91. The van der Waals surface area contributed by atoms with Crippen molar-refractivity contribution in [2.45, 2.75) is 31.8 Å². The van der Waals surface area contributed by atoms with Crippen LogP contribution >= 0.6 is 0 Å². The first kappa shape index (κ1) is 17.9. The Morgan fingerprint density at radius 2 is 1.96 bits per heavy atom. The van der Waals surface area contributed by atoms with Gasteiger partial charge in [0.05, 0.1) is 0 Å². The third-order valence-electron chi connectivity index (χ3n) is 4.99. The number of anilines is 3. The van der Waals surface area contributed by atoms with E-state index < -0.39 is 11.3 Å². The molecule has 28 heavy (non-hydrogen) atoms. The fraction of sp³-hybridized carbons (Fsp3) is 0.263. The number of hydrogen-bond donors (Lipinski definition) is 4. The van der Waals surface area contributed by atoms with Crippen LogP contribution in [0, 0.1) is 0 Å². The maximum atomic E-state index is 12.6. The van der Waals surface area contributed by atoms with Gasteiger partial charge in [0.15, 0.2) is 5.65 Å². The Bertz CT molecular complexity index is 1140. The van der Waals surface area contributed by atoms with Gasteiger partial charge in [0.25, 0.3) is 5.91 Å². The Morgan fingerprint density at radius 1 is 1.29 bits per heavy atom. The van der Waals surface area contributed by atoms with E-state index in [9.17, 15) is 9.59 Å². The first-order valence-corrected chi connectivity index (χ1v) is 9.02. The van der Waals surface area contributed by atoms with E-state index in [2.05, 4.69) is 15.3 Å². The third-order valence-corrected chi connectivity index (χ3v) is 4.99. The van der Waals surface area contributed by atoms with Gasteiger partial charge in [-0.3, -0.25) is 9.59 Å². The summed E-state index contributed by atoms with van der Waals surface area (Å²) in [6.07, 6.45) is 2.41. The molecule has 2 heterocycles. The topological polar surface area (TPSA) is 155 Å². The van der Waals surface area contributed by atoms with Crippen LogP contribution in [-0.2, 0) is 6.54 Å². The lowest BCUT2D eigenvalue weighted by Crippen LogP contribution is -2.25. The number of nitrogens with one attached hydrogen (secondary N) is 1. The van der Waals surface area contributed by atoms with Gasteiger partial charge >= 0.3 is 0 Å². The summed E-state index contributed by atoms with van der Waals surface area (Å²) in [5.74, 6) is -0.135. The number of carbonyl (C=O) groups is 1. The second-order valence-electron chi connectivity index (χ2n) is 6.91. The molecule has 9 nitrogen and oxygen atoms in total. The van der Waals surface area contributed by atoms with Gasteiger partial charge in [-0.2, -0.15) is 9.97 Å². The Hall–Kier alpha value is -3.46. The van der Waals surface area contributed by atoms with Crippen molar-refractivity contribution in [3.05, 3.63) is 51.8 Å². The molecule has 144 valence electrons. The van der Waals surface area contributed by atoms with E-state index >= 15 is 0 Å². The van der Waals surface area contributed by atoms with Gasteiger partial charge in [-0.05, 0) is 31.0 Å². The molecule has 1 aliphatic rings. The van der Waals surface area contributed by atoms with E-state index in [4.69, 9.17) is 17.2 Å². The van der Waals surface area contributed by atoms with E-state index in [-0.39, 0.29) is 28.8 Å². The van der Waals surface area contributed by atoms with E-state index in [0.29, 0.717) is 18.1 Å². The number of pyridine rings is 1. The molecule has 1 aromatic carbocycles. The first-order chi connectivity index (χ1) is 13.4. The summed E-state index contributed by atoms with van der Waals surface area (Å²) in [6.45, 7) is 2.34. The van der Waals surface area contributed by atoms with Crippen LogP contribution in [0.15, 0.2) is 35.3 Å². The Morgan fingerprint density at radius 3 is 2.54 bits per heavy atom. The number of fused-ring (bicyclic) bond motifs is 1. The lowest BCUT2D eigenvalue weighted by atomic mass is 10.1. The smallest absolute Gasteiger partial charge is 0.254 e. The average molecular weight is 379 g/mol. The van der Waals surface area contributed by atoms with Gasteiger partial charge in [0.2, 0.25) is 11.4 Å². The Balaban J connectivity index is 1.73. The molecule has 9 heteroatoms. The van der Waals surface area contributed by atoms with E-state index in [1.54, 1.807) is 4.57 Å². The summed E-state index contributed by atoms with van der Waals surface area (Å²) in [7, 11) is 0. The van der Waals surface area contributed by atoms with Gasteiger partial charge < -0.3 is 27.1 Å². The van der Waals surface area contributed by atoms with Crippen molar-refractivity contribution in [2.75, 3.05) is 11.1 Å². The third kappa shape index (κ3) is 3.05. The van der Waals surface area contributed by atoms with Gasteiger partial charge in [0.1, 0.15) is 16.8 Å². The molecule has 0 bridgehead atoms. The van der Waals surface area contributed by atoms with Crippen molar-refractivity contribution >= 4 is 34.4 Å². The number of nitrogens with two attached hydrogens (primary N) is 3. The summed E-state index contributed by atoms with van der Waals surface area (Å²) in [5, 5.41) is 3.19. The summed E-state index contributed by atoms with van der Waals surface area (Å²) in [4.78, 5) is 32.7. The van der Waals surface area contributed by atoms with Crippen LogP contribution in [0.3, 0.4) is 0 Å². The zero-order chi connectivity index (χ0) is 20.0. The minimum Gasteiger partial charge on any atom is -0.383 e. The predicted octanol–water partition coefficient (Wildman–Crippen LogP) is 1.05. The highest BCUT2D eigenvalue weighted by Crippen LogP contribution is 2.39. The zero-order valence-electron chi connectivity index (χ0n) is 15.3. The fourth-order valence-electron chi connectivity index (χ4n) is 3.31. The number of carbonyl (C=O) groups excluding carboxylic acids is 1. The highest BCUT2D eigenvalue weighted by atomic mass is 16.2. The summed E-state index contributed by atoms with van der Waals surface area (Å²) < 4.78 is 1.65. The maximum Gasteiger partial charge on any atom is 0.254 e. The molecule has 0 radical (unpaired) electrons. The minimum absolute atomic E-state index is 0.0108. The monoisotopic (exact) mass is 379 g/mol. The molecule has 1 fully saturated rings. The van der Waals surface area contributed by atoms with E-state index in [0.717, 1.165) is 12.1 Å². The Labute approximate surface area is 160 Å². The van der Waals surface area contributed by atoms with Gasteiger partial charge in [-0.1, -0.05) is 12.1 Å². The van der Waals surface area contributed by atoms with Crippen LogP contribution < -0.4 is 27.9 Å². The van der Waals surface area contributed by atoms with Crippen molar-refractivity contribution in [1.29, 1.82) is 0 Å². The molecular formula is C19H21N7O2. The highest BCUT2D eigenvalue weighted by molar-refractivity contribution is 5.98. The number of rotatable bonds is 5. The molecule has 1 aliphatic carbocycles. The van der Waals surface area contributed by atoms with Gasteiger partial charge in [-0.25, -0.2) is 0 Å². The molecule has 4 rings (SSSR count). The number of benzene rings is 1. The molecule has 0 saturated heterocycles. The average Bonchev–Trinajstić information content (AvgIpc) is 3.38. The summed E-state index contributed by atoms with van der Waals surface area (Å²) >= 11 is 0. The molecule has 0 aliphatic heterocycles. The molecular weight excluding hydrogens is 358 g/mol. The van der Waals surface area contributed by atoms with Crippen molar-refractivity contribution in [3.8, 4) is 0 Å². The standard InChI is InChI=1S/C19H21N7O2/c1-2-26-8-12(17(22)28)15(27)14-16(21)24-19(25-18(14)26)23-10-5-3-9(4-6-10)11-7-13(11)20/h3-6,8,11,13H,2,7,20H2,1H3,(H2,22,28)(H3,21,23,24,25). The lowest BCUT2D eigenvalue weighted by Gasteiger charge is -2.13. The highest BCUT2D eigenvalue weighted by Gasteiger charge is 2.34. The van der Waals surface area contributed by atoms with Crippen molar-refractivity contribution in [2.24, 2.45) is 11.5 Å². The molecule has 2 aromatic heterocycles. The van der Waals surface area contributed by atoms with E-state index in [1.165, 1.54) is 11.8 Å². The largest absolute Gasteiger partial charge is 0.383 e. The molecule has 2 atom stereocenters. The van der Waals surface area contributed by atoms with Crippen LogP contribution in [0.2, 0.25) is 0 Å². The summed E-state index contributed by atoms with van der Waals surface area (Å²) in [6, 6.07) is 8.13. The number of nitrogens with zero attached hydrogens (tertiary/aromatic N) is 3. The van der Waals surface area contributed by atoms with Gasteiger partial charge in [0, 0.05) is 30.4 Å². The molecule has 3 aromatic rings. The van der Waals surface area contributed by atoms with Crippen molar-refractivity contribution in [3.63, 3.8) is 0 Å². The quantitative estimate of drug-likeness (QED) is 0.516. The molecule has 7 N–H and O–H groups in total. The molecule has 2 unspecified atom stereocenters. The first-order valence-electron chi connectivity index (χ1n) is 9.02. The number of hydrogen-bond acceptors (Lipinski definition) is 7. The minimum atomic E-state index is -0.814. The number of nitrogen functional groups attached to an aromatic ring is 1. The molecule has 1 amide bonds. The number of primary amides is 1. The fourth-order valence-corrected chi connectivity index (χ4v) is 3.31. The van der Waals surface area contributed by atoms with Crippen LogP contribution in [0.4, 0.5) is 17.5 Å². The van der Waals surface area contributed by atoms with Crippen LogP contribution in [0.5, 0.6) is 0 Å². The van der Waals surface area contributed by atoms with Crippen molar-refractivity contribution < 1.29 is 4.79 Å². The predicted molar refractivity (Wildman–Crippen MR) is 107 cm³/mol. The van der Waals surface area contributed by atoms with Crippen LogP contribution in [0.1, 0.15) is 35.2 Å². The normalized spacial score (nSPS) is 18.2. The van der Waals surface area contributed by atoms with E-state index in [1.807, 2.05) is 31.2 Å². The van der Waals surface area contributed by atoms with Crippen LogP contribution in [0.25, 0.3) is 11.0 Å². The number of aromatic nitrogens is 3. The lowest BCUT2D eigenvalue weighted by molar-refractivity contribution is 0.0999. The SMILES string of the molecule is CCn1cc(C(N)=O)c(=O)c2c(N)nc(Nc3ccc(C4CC4N)cc3)nc21. The molecule has 1 saturated carbocycles. The Kier molecular flexibility index (Phi) is 4.23.